The highest BCUT2D eigenvalue weighted by Gasteiger charge is 2.35. The zero-order chi connectivity index (χ0) is 28.9. The van der Waals surface area contributed by atoms with E-state index in [2.05, 4.69) is 48.3 Å². The zero-order valence-corrected chi connectivity index (χ0v) is 24.7. The van der Waals surface area contributed by atoms with Crippen molar-refractivity contribution in [2.45, 2.75) is 90.6 Å². The molecule has 2 aromatic carbocycles. The van der Waals surface area contributed by atoms with Gasteiger partial charge >= 0.3 is 6.09 Å². The number of amides is 2. The Kier molecular flexibility index (Phi) is 9.72. The van der Waals surface area contributed by atoms with E-state index in [-0.39, 0.29) is 29.9 Å². The summed E-state index contributed by atoms with van der Waals surface area (Å²) in [7, 11) is 0. The van der Waals surface area contributed by atoms with Crippen LogP contribution in [0.4, 0.5) is 14.9 Å². The number of nitrogens with zero attached hydrogens (tertiary/aromatic N) is 3. The van der Waals surface area contributed by atoms with E-state index in [1.807, 2.05) is 30.6 Å². The summed E-state index contributed by atoms with van der Waals surface area (Å²) in [6.07, 6.45) is 2.78. The summed E-state index contributed by atoms with van der Waals surface area (Å²) in [6.45, 7) is 13.8. The van der Waals surface area contributed by atoms with Crippen molar-refractivity contribution in [1.82, 2.24) is 14.7 Å². The van der Waals surface area contributed by atoms with Crippen molar-refractivity contribution < 1.29 is 18.7 Å². The molecule has 40 heavy (non-hydrogen) atoms. The van der Waals surface area contributed by atoms with Crippen LogP contribution in [0.25, 0.3) is 0 Å². The minimum atomic E-state index is -0.499. The Hall–Kier alpha value is -3.13. The van der Waals surface area contributed by atoms with E-state index in [9.17, 15) is 14.0 Å². The highest BCUT2D eigenvalue weighted by molar-refractivity contribution is 5.76. The van der Waals surface area contributed by atoms with E-state index in [1.54, 1.807) is 12.1 Å². The number of rotatable bonds is 7. The maximum atomic E-state index is 13.1. The van der Waals surface area contributed by atoms with E-state index in [4.69, 9.17) is 4.74 Å². The normalized spacial score (nSPS) is 20.9. The molecule has 2 aromatic rings. The standard InChI is InChI=1S/C32H45FN4O3/c1-23-20-35(21-24(2)37(23)31(39)40-32(3,4)5)22-26-8-6-25(7-9-26)10-15-30(38)36-18-16-29(17-19-36)34-28-13-11-27(33)12-14-28/h6-9,11-14,23-24,29,34H,10,15-22H2,1-5H3. The van der Waals surface area contributed by atoms with Crippen LogP contribution in [0.3, 0.4) is 0 Å². The van der Waals surface area contributed by atoms with Crippen LogP contribution in [0.5, 0.6) is 0 Å². The third-order valence-corrected chi connectivity index (χ3v) is 7.72. The molecule has 218 valence electrons. The Bertz CT molecular complexity index is 1110. The second kappa shape index (κ2) is 13.0. The number of hydrogen-bond acceptors (Lipinski definition) is 5. The zero-order valence-electron chi connectivity index (χ0n) is 24.7. The number of aryl methyl sites for hydroxylation is 1. The van der Waals surface area contributed by atoms with Gasteiger partial charge in [0.25, 0.3) is 0 Å². The fraction of sp³-hybridized carbons (Fsp3) is 0.562. The molecule has 2 unspecified atom stereocenters. The molecule has 0 aliphatic carbocycles. The van der Waals surface area contributed by atoms with Crippen LogP contribution in [0.15, 0.2) is 48.5 Å². The van der Waals surface area contributed by atoms with Gasteiger partial charge in [0.15, 0.2) is 0 Å². The molecule has 7 nitrogen and oxygen atoms in total. The van der Waals surface area contributed by atoms with Crippen LogP contribution in [-0.2, 0) is 22.5 Å². The lowest BCUT2D eigenvalue weighted by Gasteiger charge is -2.44. The SMILES string of the molecule is CC1CN(Cc2ccc(CCC(=O)N3CCC(Nc4ccc(F)cc4)CC3)cc2)CC(C)N1C(=O)OC(C)(C)C. The van der Waals surface area contributed by atoms with E-state index >= 15 is 0 Å². The average Bonchev–Trinajstić information content (AvgIpc) is 2.88. The molecule has 0 spiro atoms. The maximum absolute atomic E-state index is 13.1. The first-order chi connectivity index (χ1) is 19.0. The summed E-state index contributed by atoms with van der Waals surface area (Å²) < 4.78 is 18.7. The number of carbonyl (C=O) groups is 2. The molecule has 0 aromatic heterocycles. The van der Waals surface area contributed by atoms with Crippen molar-refractivity contribution in [3.8, 4) is 0 Å². The summed E-state index contributed by atoms with van der Waals surface area (Å²) >= 11 is 0. The summed E-state index contributed by atoms with van der Waals surface area (Å²) in [6, 6.07) is 15.5. The van der Waals surface area contributed by atoms with Crippen LogP contribution < -0.4 is 5.32 Å². The second-order valence-electron chi connectivity index (χ2n) is 12.4. The van der Waals surface area contributed by atoms with Crippen molar-refractivity contribution >= 4 is 17.7 Å². The highest BCUT2D eigenvalue weighted by atomic mass is 19.1. The first-order valence-corrected chi connectivity index (χ1v) is 14.6. The maximum Gasteiger partial charge on any atom is 0.410 e. The minimum Gasteiger partial charge on any atom is -0.444 e. The van der Waals surface area contributed by atoms with Crippen LogP contribution in [-0.4, -0.2) is 76.6 Å². The molecule has 0 radical (unpaired) electrons. The van der Waals surface area contributed by atoms with Crippen LogP contribution in [0, 0.1) is 5.82 Å². The molecule has 2 atom stereocenters. The molecule has 4 rings (SSSR count). The summed E-state index contributed by atoms with van der Waals surface area (Å²) in [5.74, 6) is -0.0322. The molecule has 1 N–H and O–H groups in total. The molecule has 2 aliphatic heterocycles. The molecule has 2 aliphatic rings. The number of likely N-dealkylation sites (tertiary alicyclic amines) is 1. The van der Waals surface area contributed by atoms with Crippen molar-refractivity contribution in [2.75, 3.05) is 31.5 Å². The van der Waals surface area contributed by atoms with Gasteiger partial charge in [-0.2, -0.15) is 0 Å². The highest BCUT2D eigenvalue weighted by Crippen LogP contribution is 2.22. The van der Waals surface area contributed by atoms with Gasteiger partial charge in [0.1, 0.15) is 11.4 Å². The quantitative estimate of drug-likeness (QED) is 0.478. The van der Waals surface area contributed by atoms with Crippen LogP contribution >= 0.6 is 0 Å². The van der Waals surface area contributed by atoms with Gasteiger partial charge in [0, 0.05) is 63.0 Å². The summed E-state index contributed by atoms with van der Waals surface area (Å²) in [5, 5.41) is 3.45. The number of nitrogens with one attached hydrogen (secondary N) is 1. The van der Waals surface area contributed by atoms with Crippen molar-refractivity contribution in [3.05, 3.63) is 65.5 Å². The average molecular weight is 553 g/mol. The lowest BCUT2D eigenvalue weighted by Crippen LogP contribution is -2.59. The Labute approximate surface area is 238 Å². The molecule has 2 saturated heterocycles. The topological polar surface area (TPSA) is 65.1 Å². The first-order valence-electron chi connectivity index (χ1n) is 14.6. The molecule has 2 heterocycles. The fourth-order valence-corrected chi connectivity index (χ4v) is 5.77. The number of anilines is 1. The number of hydrogen-bond donors (Lipinski definition) is 1. The van der Waals surface area contributed by atoms with Gasteiger partial charge in [-0.05, 0) is 89.3 Å². The molecule has 0 saturated carbocycles. The monoisotopic (exact) mass is 552 g/mol. The second-order valence-corrected chi connectivity index (χ2v) is 12.4. The first kappa shape index (κ1) is 29.8. The van der Waals surface area contributed by atoms with Gasteiger partial charge in [0.2, 0.25) is 5.91 Å². The van der Waals surface area contributed by atoms with E-state index < -0.39 is 5.60 Å². The summed E-state index contributed by atoms with van der Waals surface area (Å²) in [5.41, 5.74) is 2.82. The minimum absolute atomic E-state index is 0.0765. The number of piperazine rings is 1. The van der Waals surface area contributed by atoms with Gasteiger partial charge < -0.3 is 19.9 Å². The Balaban J connectivity index is 1.19. The van der Waals surface area contributed by atoms with E-state index in [0.29, 0.717) is 12.5 Å². The Morgan fingerprint density at radius 2 is 1.50 bits per heavy atom. The Morgan fingerprint density at radius 1 is 0.925 bits per heavy atom. The number of halogens is 1. The largest absolute Gasteiger partial charge is 0.444 e. The number of benzene rings is 2. The van der Waals surface area contributed by atoms with E-state index in [0.717, 1.165) is 57.7 Å². The molecular weight excluding hydrogens is 507 g/mol. The van der Waals surface area contributed by atoms with Gasteiger partial charge in [-0.25, -0.2) is 9.18 Å². The molecule has 8 heteroatoms. The van der Waals surface area contributed by atoms with Crippen LogP contribution in [0.1, 0.15) is 65.0 Å². The van der Waals surface area contributed by atoms with Gasteiger partial charge in [-0.15, -0.1) is 0 Å². The number of ether oxygens (including phenoxy) is 1. The van der Waals surface area contributed by atoms with Crippen LogP contribution in [0.2, 0.25) is 0 Å². The van der Waals surface area contributed by atoms with Gasteiger partial charge in [-0.1, -0.05) is 24.3 Å². The van der Waals surface area contributed by atoms with Gasteiger partial charge in [0.05, 0.1) is 0 Å². The third kappa shape index (κ3) is 8.43. The number of carbonyl (C=O) groups excluding carboxylic acids is 2. The van der Waals surface area contributed by atoms with Gasteiger partial charge in [-0.3, -0.25) is 9.69 Å². The van der Waals surface area contributed by atoms with Crippen molar-refractivity contribution in [2.24, 2.45) is 0 Å². The Morgan fingerprint density at radius 3 is 2.08 bits per heavy atom. The lowest BCUT2D eigenvalue weighted by molar-refractivity contribution is -0.132. The molecule has 2 amide bonds. The molecule has 0 bridgehead atoms. The van der Waals surface area contributed by atoms with E-state index in [1.165, 1.54) is 23.3 Å². The molecular formula is C32H45FN4O3. The smallest absolute Gasteiger partial charge is 0.410 e. The van der Waals surface area contributed by atoms with Crippen molar-refractivity contribution in [1.29, 1.82) is 0 Å². The van der Waals surface area contributed by atoms with Crippen molar-refractivity contribution in [3.63, 3.8) is 0 Å². The fourth-order valence-electron chi connectivity index (χ4n) is 5.77. The molecule has 2 fully saturated rings. The number of piperidine rings is 1. The summed E-state index contributed by atoms with van der Waals surface area (Å²) in [4.78, 5) is 31.7. The predicted molar refractivity (Wildman–Crippen MR) is 157 cm³/mol. The lowest BCUT2D eigenvalue weighted by atomic mass is 10.0. The third-order valence-electron chi connectivity index (χ3n) is 7.72. The predicted octanol–water partition coefficient (Wildman–Crippen LogP) is 5.69.